The highest BCUT2D eigenvalue weighted by Crippen LogP contribution is 2.20. The standard InChI is InChI=1S/C21H32N2.2HI/c1-20(2,3)18-8-14-22(15-9-18)12-7-13-23-16-10-19(11-17-23)21(4,5)6;;/h8-11,14-17H,7,12-13H2,1-6H3;2*1H/q+2;;/p-2. The van der Waals surface area contributed by atoms with E-state index in [1.54, 1.807) is 0 Å². The van der Waals surface area contributed by atoms with Gasteiger partial charge in [-0.3, -0.25) is 0 Å². The van der Waals surface area contributed by atoms with E-state index in [1.165, 1.54) is 11.1 Å². The fourth-order valence-corrected chi connectivity index (χ4v) is 2.65. The van der Waals surface area contributed by atoms with Crippen LogP contribution in [0.3, 0.4) is 0 Å². The normalized spacial score (nSPS) is 11.4. The van der Waals surface area contributed by atoms with Crippen LogP contribution in [0.15, 0.2) is 49.1 Å². The Morgan fingerprint density at radius 3 is 1.12 bits per heavy atom. The van der Waals surface area contributed by atoms with E-state index in [0.717, 1.165) is 19.5 Å². The maximum atomic E-state index is 2.28. The number of aromatic nitrogens is 2. The van der Waals surface area contributed by atoms with Gasteiger partial charge in [-0.25, -0.2) is 9.13 Å². The van der Waals surface area contributed by atoms with Gasteiger partial charge < -0.3 is 48.0 Å². The Balaban J connectivity index is 0.00000288. The van der Waals surface area contributed by atoms with Crippen molar-refractivity contribution in [3.8, 4) is 0 Å². The average Bonchev–Trinajstić information content (AvgIpc) is 2.46. The van der Waals surface area contributed by atoms with E-state index in [2.05, 4.69) is 99.7 Å². The fraction of sp³-hybridized carbons (Fsp3) is 0.524. The van der Waals surface area contributed by atoms with Gasteiger partial charge in [0.15, 0.2) is 37.9 Å². The minimum absolute atomic E-state index is 0. The Labute approximate surface area is 188 Å². The average molecular weight is 566 g/mol. The lowest BCUT2D eigenvalue weighted by atomic mass is 9.88. The van der Waals surface area contributed by atoms with E-state index in [4.69, 9.17) is 0 Å². The molecule has 0 aliphatic heterocycles. The molecular weight excluding hydrogens is 534 g/mol. The number of pyridine rings is 2. The molecule has 0 N–H and O–H groups in total. The van der Waals surface area contributed by atoms with Gasteiger partial charge in [-0.05, 0) is 22.0 Å². The summed E-state index contributed by atoms with van der Waals surface area (Å²) in [4.78, 5) is 0. The summed E-state index contributed by atoms with van der Waals surface area (Å²) in [6.07, 6.45) is 9.95. The van der Waals surface area contributed by atoms with Crippen LogP contribution in [-0.2, 0) is 23.9 Å². The molecule has 0 bridgehead atoms. The Morgan fingerprint density at radius 1 is 0.600 bits per heavy atom. The minimum atomic E-state index is 0. The van der Waals surface area contributed by atoms with Crippen LogP contribution < -0.4 is 57.1 Å². The molecule has 0 amide bonds. The van der Waals surface area contributed by atoms with Crippen molar-refractivity contribution >= 4 is 0 Å². The van der Waals surface area contributed by atoms with E-state index in [-0.39, 0.29) is 58.8 Å². The second-order valence-electron chi connectivity index (χ2n) is 8.50. The number of aryl methyl sites for hydroxylation is 2. The lowest BCUT2D eigenvalue weighted by Crippen LogP contribution is -3.00. The summed E-state index contributed by atoms with van der Waals surface area (Å²) in [7, 11) is 0. The van der Waals surface area contributed by atoms with Crippen molar-refractivity contribution in [3.63, 3.8) is 0 Å². The topological polar surface area (TPSA) is 7.76 Å². The monoisotopic (exact) mass is 566 g/mol. The number of rotatable bonds is 4. The van der Waals surface area contributed by atoms with E-state index in [0.29, 0.717) is 0 Å². The molecule has 0 saturated heterocycles. The van der Waals surface area contributed by atoms with Crippen LogP contribution in [0.1, 0.15) is 59.1 Å². The Bertz CT molecular complexity index is 563. The van der Waals surface area contributed by atoms with Gasteiger partial charge in [-0.2, -0.15) is 0 Å². The molecule has 2 rings (SSSR count). The maximum absolute atomic E-state index is 2.28. The third-order valence-electron chi connectivity index (χ3n) is 4.35. The first-order valence-corrected chi connectivity index (χ1v) is 8.65. The molecule has 0 spiro atoms. The lowest BCUT2D eigenvalue weighted by Gasteiger charge is -2.17. The van der Waals surface area contributed by atoms with E-state index in [9.17, 15) is 0 Å². The molecule has 2 aromatic heterocycles. The zero-order valence-corrected chi connectivity index (χ0v) is 20.7. The van der Waals surface area contributed by atoms with Gasteiger partial charge in [0.1, 0.15) is 0 Å². The van der Waals surface area contributed by atoms with Crippen molar-refractivity contribution in [2.75, 3.05) is 0 Å². The zero-order valence-electron chi connectivity index (χ0n) is 16.4. The summed E-state index contributed by atoms with van der Waals surface area (Å²) in [5.74, 6) is 0. The molecule has 0 unspecified atom stereocenters. The number of halogens is 2. The lowest BCUT2D eigenvalue weighted by molar-refractivity contribution is -0.727. The molecular formula is C21H32I2N2. The maximum Gasteiger partial charge on any atom is 0.169 e. The molecule has 4 heteroatoms. The molecule has 0 fully saturated rings. The first kappa shape index (κ1) is 24.8. The Hall–Kier alpha value is -0.240. The van der Waals surface area contributed by atoms with Gasteiger partial charge in [0.25, 0.3) is 0 Å². The molecule has 0 aliphatic carbocycles. The molecule has 0 aliphatic rings. The van der Waals surface area contributed by atoms with Crippen LogP contribution in [0.2, 0.25) is 0 Å². The zero-order chi connectivity index (χ0) is 17.1. The van der Waals surface area contributed by atoms with Crippen LogP contribution in [0.5, 0.6) is 0 Å². The molecule has 2 nitrogen and oxygen atoms in total. The predicted octanol–water partition coefficient (Wildman–Crippen LogP) is -2.05. The van der Waals surface area contributed by atoms with Crippen molar-refractivity contribution < 1.29 is 57.1 Å². The first-order valence-electron chi connectivity index (χ1n) is 8.65. The first-order chi connectivity index (χ1) is 10.7. The SMILES string of the molecule is CC(C)(C)c1cc[n+](CCC[n+]2ccc(C(C)(C)C)cc2)cc1.[I-].[I-]. The third-order valence-corrected chi connectivity index (χ3v) is 4.35. The second kappa shape index (κ2) is 10.2. The van der Waals surface area contributed by atoms with Crippen molar-refractivity contribution in [1.29, 1.82) is 0 Å². The highest BCUT2D eigenvalue weighted by atomic mass is 127. The summed E-state index contributed by atoms with van der Waals surface area (Å²) < 4.78 is 4.55. The molecule has 140 valence electrons. The largest absolute Gasteiger partial charge is 1.00 e. The van der Waals surface area contributed by atoms with Crippen molar-refractivity contribution in [2.24, 2.45) is 0 Å². The summed E-state index contributed by atoms with van der Waals surface area (Å²) in [5.41, 5.74) is 3.23. The molecule has 0 aromatic carbocycles. The minimum Gasteiger partial charge on any atom is -1.00 e. The highest BCUT2D eigenvalue weighted by molar-refractivity contribution is 5.18. The molecule has 0 atom stereocenters. The smallest absolute Gasteiger partial charge is 0.169 e. The van der Waals surface area contributed by atoms with Gasteiger partial charge >= 0.3 is 0 Å². The molecule has 2 aromatic rings. The van der Waals surface area contributed by atoms with Crippen LogP contribution in [0, 0.1) is 0 Å². The number of nitrogens with zero attached hydrogens (tertiary/aromatic N) is 2. The van der Waals surface area contributed by atoms with Gasteiger partial charge in [0, 0.05) is 24.3 Å². The summed E-state index contributed by atoms with van der Waals surface area (Å²) >= 11 is 0. The van der Waals surface area contributed by atoms with E-state index in [1.807, 2.05) is 0 Å². The summed E-state index contributed by atoms with van der Waals surface area (Å²) in [5, 5.41) is 0. The van der Waals surface area contributed by atoms with Crippen LogP contribution in [-0.4, -0.2) is 0 Å². The van der Waals surface area contributed by atoms with Gasteiger partial charge in [-0.15, -0.1) is 0 Å². The molecule has 2 heterocycles. The van der Waals surface area contributed by atoms with E-state index >= 15 is 0 Å². The Morgan fingerprint density at radius 2 is 0.880 bits per heavy atom. The quantitative estimate of drug-likeness (QED) is 0.298. The van der Waals surface area contributed by atoms with Gasteiger partial charge in [0.2, 0.25) is 0 Å². The molecule has 0 radical (unpaired) electrons. The third kappa shape index (κ3) is 7.89. The number of hydrogen-bond donors (Lipinski definition) is 0. The van der Waals surface area contributed by atoms with Crippen molar-refractivity contribution in [2.45, 2.75) is 71.9 Å². The summed E-state index contributed by atoms with van der Waals surface area (Å²) in [6, 6.07) is 8.97. The predicted molar refractivity (Wildman–Crippen MR) is 95.3 cm³/mol. The van der Waals surface area contributed by atoms with Crippen LogP contribution in [0.25, 0.3) is 0 Å². The van der Waals surface area contributed by atoms with Gasteiger partial charge in [-0.1, -0.05) is 41.5 Å². The van der Waals surface area contributed by atoms with Crippen molar-refractivity contribution in [3.05, 3.63) is 60.2 Å². The molecule has 25 heavy (non-hydrogen) atoms. The van der Waals surface area contributed by atoms with Crippen molar-refractivity contribution in [1.82, 2.24) is 0 Å². The van der Waals surface area contributed by atoms with Crippen LogP contribution in [0.4, 0.5) is 0 Å². The highest BCUT2D eigenvalue weighted by Gasteiger charge is 2.16. The Kier molecular flexibility index (Phi) is 10.1. The van der Waals surface area contributed by atoms with Crippen LogP contribution >= 0.6 is 0 Å². The molecule has 0 saturated carbocycles. The number of hydrogen-bond acceptors (Lipinski definition) is 0. The van der Waals surface area contributed by atoms with E-state index < -0.39 is 0 Å². The summed E-state index contributed by atoms with van der Waals surface area (Å²) in [6.45, 7) is 15.6. The fourth-order valence-electron chi connectivity index (χ4n) is 2.65. The van der Waals surface area contributed by atoms with Gasteiger partial charge in [0.05, 0.1) is 6.42 Å². The second-order valence-corrected chi connectivity index (χ2v) is 8.50.